The molecule has 1 aromatic carbocycles. The molecule has 0 aliphatic rings. The summed E-state index contributed by atoms with van der Waals surface area (Å²) in [6.45, 7) is 0.961. The van der Waals surface area contributed by atoms with Crippen LogP contribution >= 0.6 is 11.6 Å². The number of hydrogen-bond acceptors (Lipinski definition) is 4. The van der Waals surface area contributed by atoms with E-state index in [1.54, 1.807) is 24.3 Å². The first kappa shape index (κ1) is 14.8. The lowest BCUT2D eigenvalue weighted by Crippen LogP contribution is -2.31. The molecular formula is C12H16ClNO4. The Balaban J connectivity index is 2.11. The zero-order valence-corrected chi connectivity index (χ0v) is 10.7. The number of carbonyl (C=O) groups is 1. The number of aliphatic hydroxyl groups excluding tert-OH is 1. The van der Waals surface area contributed by atoms with Crippen LogP contribution in [0.5, 0.6) is 5.75 Å². The van der Waals surface area contributed by atoms with E-state index in [-0.39, 0.29) is 25.7 Å². The Bertz CT molecular complexity index is 356. The summed E-state index contributed by atoms with van der Waals surface area (Å²) in [6.07, 6.45) is 0. The molecule has 6 heteroatoms. The molecule has 5 nitrogen and oxygen atoms in total. The summed E-state index contributed by atoms with van der Waals surface area (Å²) in [4.78, 5) is 11.3. The third-order valence-electron chi connectivity index (χ3n) is 1.99. The fourth-order valence-electron chi connectivity index (χ4n) is 1.16. The molecule has 0 fully saturated rings. The Hall–Kier alpha value is -1.30. The minimum atomic E-state index is -0.224. The van der Waals surface area contributed by atoms with Crippen molar-refractivity contribution >= 4 is 17.5 Å². The highest BCUT2D eigenvalue weighted by molar-refractivity contribution is 6.30. The van der Waals surface area contributed by atoms with Gasteiger partial charge in [0.1, 0.15) is 5.75 Å². The van der Waals surface area contributed by atoms with Gasteiger partial charge in [0.05, 0.1) is 19.8 Å². The highest BCUT2D eigenvalue weighted by atomic mass is 35.5. The van der Waals surface area contributed by atoms with Gasteiger partial charge in [-0.2, -0.15) is 0 Å². The van der Waals surface area contributed by atoms with Gasteiger partial charge in [-0.25, -0.2) is 0 Å². The van der Waals surface area contributed by atoms with Crippen molar-refractivity contribution in [1.29, 1.82) is 0 Å². The molecule has 0 radical (unpaired) electrons. The summed E-state index contributed by atoms with van der Waals surface area (Å²) in [5.74, 6) is 0.364. The van der Waals surface area contributed by atoms with E-state index in [2.05, 4.69) is 5.32 Å². The van der Waals surface area contributed by atoms with E-state index in [1.165, 1.54) is 0 Å². The van der Waals surface area contributed by atoms with Crippen LogP contribution in [0.4, 0.5) is 0 Å². The highest BCUT2D eigenvalue weighted by Gasteiger charge is 2.01. The molecule has 0 bridgehead atoms. The third kappa shape index (κ3) is 6.44. The maximum absolute atomic E-state index is 11.3. The second-order valence-corrected chi connectivity index (χ2v) is 3.86. The topological polar surface area (TPSA) is 67.8 Å². The molecule has 1 aromatic rings. The first-order valence-electron chi connectivity index (χ1n) is 5.56. The number of rotatable bonds is 8. The molecule has 0 aromatic heterocycles. The van der Waals surface area contributed by atoms with Crippen molar-refractivity contribution in [2.75, 3.05) is 33.0 Å². The predicted molar refractivity (Wildman–Crippen MR) is 67.9 cm³/mol. The summed E-state index contributed by atoms with van der Waals surface area (Å²) < 4.78 is 10.2. The summed E-state index contributed by atoms with van der Waals surface area (Å²) in [5, 5.41) is 11.7. The van der Waals surface area contributed by atoms with E-state index in [0.29, 0.717) is 23.9 Å². The SMILES string of the molecule is O=C(COc1ccc(Cl)cc1)NCCOCCO. The Morgan fingerprint density at radius 1 is 1.28 bits per heavy atom. The van der Waals surface area contributed by atoms with Gasteiger partial charge in [0, 0.05) is 11.6 Å². The summed E-state index contributed by atoms with van der Waals surface area (Å²) in [5.41, 5.74) is 0. The Morgan fingerprint density at radius 2 is 2.00 bits per heavy atom. The van der Waals surface area contributed by atoms with Gasteiger partial charge in [-0.05, 0) is 24.3 Å². The molecule has 0 saturated carbocycles. The molecule has 100 valence electrons. The maximum atomic E-state index is 11.3. The van der Waals surface area contributed by atoms with Gasteiger partial charge in [-0.15, -0.1) is 0 Å². The van der Waals surface area contributed by atoms with Gasteiger partial charge in [-0.3, -0.25) is 4.79 Å². The summed E-state index contributed by atoms with van der Waals surface area (Å²) in [7, 11) is 0. The van der Waals surface area contributed by atoms with Crippen molar-refractivity contribution in [2.24, 2.45) is 0 Å². The second kappa shape index (κ2) is 8.74. The first-order valence-corrected chi connectivity index (χ1v) is 5.94. The van der Waals surface area contributed by atoms with E-state index in [4.69, 9.17) is 26.2 Å². The molecule has 0 unspecified atom stereocenters. The van der Waals surface area contributed by atoms with Crippen molar-refractivity contribution in [3.05, 3.63) is 29.3 Å². The van der Waals surface area contributed by atoms with Crippen molar-refractivity contribution in [3.63, 3.8) is 0 Å². The molecule has 0 atom stereocenters. The normalized spacial score (nSPS) is 10.1. The molecule has 0 aliphatic heterocycles. The molecule has 2 N–H and O–H groups in total. The lowest BCUT2D eigenvalue weighted by Gasteiger charge is -2.07. The van der Waals surface area contributed by atoms with Gasteiger partial charge >= 0.3 is 0 Å². The molecule has 1 rings (SSSR count). The Labute approximate surface area is 111 Å². The number of carbonyl (C=O) groups excluding carboxylic acids is 1. The predicted octanol–water partition coefficient (Wildman–Crippen LogP) is 0.844. The van der Waals surface area contributed by atoms with Crippen LogP contribution < -0.4 is 10.1 Å². The van der Waals surface area contributed by atoms with E-state index in [0.717, 1.165) is 0 Å². The van der Waals surface area contributed by atoms with Crippen LogP contribution in [-0.2, 0) is 9.53 Å². The quantitative estimate of drug-likeness (QED) is 0.689. The average molecular weight is 274 g/mol. The van der Waals surface area contributed by atoms with Crippen LogP contribution in [0.2, 0.25) is 5.02 Å². The highest BCUT2D eigenvalue weighted by Crippen LogP contribution is 2.15. The molecule has 18 heavy (non-hydrogen) atoms. The van der Waals surface area contributed by atoms with Crippen LogP contribution in [0.15, 0.2) is 24.3 Å². The molecule has 0 aliphatic carbocycles. The van der Waals surface area contributed by atoms with Gasteiger partial charge in [0.2, 0.25) is 0 Å². The van der Waals surface area contributed by atoms with Gasteiger partial charge in [0.15, 0.2) is 6.61 Å². The fraction of sp³-hybridized carbons (Fsp3) is 0.417. The van der Waals surface area contributed by atoms with Crippen LogP contribution in [0.3, 0.4) is 0 Å². The average Bonchev–Trinajstić information content (AvgIpc) is 2.38. The van der Waals surface area contributed by atoms with Gasteiger partial charge < -0.3 is 19.9 Å². The first-order chi connectivity index (χ1) is 8.72. The van der Waals surface area contributed by atoms with Crippen LogP contribution in [0.25, 0.3) is 0 Å². The largest absolute Gasteiger partial charge is 0.484 e. The monoisotopic (exact) mass is 273 g/mol. The summed E-state index contributed by atoms with van der Waals surface area (Å²) in [6, 6.07) is 6.77. The molecule has 0 heterocycles. The van der Waals surface area contributed by atoms with Crippen molar-refractivity contribution in [3.8, 4) is 5.75 Å². The van der Waals surface area contributed by atoms with Crippen molar-refractivity contribution in [2.45, 2.75) is 0 Å². The number of hydrogen-bond donors (Lipinski definition) is 2. The number of aliphatic hydroxyl groups is 1. The van der Waals surface area contributed by atoms with E-state index >= 15 is 0 Å². The molecule has 0 saturated heterocycles. The third-order valence-corrected chi connectivity index (χ3v) is 2.24. The number of halogens is 1. The number of ether oxygens (including phenoxy) is 2. The van der Waals surface area contributed by atoms with Crippen molar-refractivity contribution < 1.29 is 19.4 Å². The van der Waals surface area contributed by atoms with Gasteiger partial charge in [0.25, 0.3) is 5.91 Å². The minimum absolute atomic E-state index is 0.0202. The van der Waals surface area contributed by atoms with E-state index in [9.17, 15) is 4.79 Å². The summed E-state index contributed by atoms with van der Waals surface area (Å²) >= 11 is 5.72. The van der Waals surface area contributed by atoms with Crippen LogP contribution in [0.1, 0.15) is 0 Å². The Kier molecular flexibility index (Phi) is 7.17. The Morgan fingerprint density at radius 3 is 2.67 bits per heavy atom. The smallest absolute Gasteiger partial charge is 0.258 e. The fourth-order valence-corrected chi connectivity index (χ4v) is 1.29. The molecule has 0 spiro atoms. The van der Waals surface area contributed by atoms with Crippen LogP contribution in [-0.4, -0.2) is 44.0 Å². The lowest BCUT2D eigenvalue weighted by atomic mass is 10.3. The zero-order valence-electron chi connectivity index (χ0n) is 9.89. The number of amides is 1. The van der Waals surface area contributed by atoms with Crippen LogP contribution in [0, 0.1) is 0 Å². The molecule has 1 amide bonds. The van der Waals surface area contributed by atoms with Gasteiger partial charge in [-0.1, -0.05) is 11.6 Å². The standard InChI is InChI=1S/C12H16ClNO4/c13-10-1-3-11(4-2-10)18-9-12(16)14-5-7-17-8-6-15/h1-4,15H,5-9H2,(H,14,16). The number of benzene rings is 1. The van der Waals surface area contributed by atoms with E-state index in [1.807, 2.05) is 0 Å². The zero-order chi connectivity index (χ0) is 13.2. The second-order valence-electron chi connectivity index (χ2n) is 3.43. The number of nitrogens with one attached hydrogen (secondary N) is 1. The lowest BCUT2D eigenvalue weighted by molar-refractivity contribution is -0.123. The maximum Gasteiger partial charge on any atom is 0.258 e. The minimum Gasteiger partial charge on any atom is -0.484 e. The molecular weight excluding hydrogens is 258 g/mol. The van der Waals surface area contributed by atoms with Crippen molar-refractivity contribution in [1.82, 2.24) is 5.32 Å². The van der Waals surface area contributed by atoms with E-state index < -0.39 is 0 Å².